The minimum Gasteiger partial charge on any atom is -0.376 e. The molecule has 1 aromatic heterocycles. The number of nitrogens with one attached hydrogen (secondary N) is 1. The molecule has 2 atom stereocenters. The van der Waals surface area contributed by atoms with E-state index in [0.717, 1.165) is 49.9 Å². The highest BCUT2D eigenvalue weighted by atomic mass is 16.5. The molecule has 0 saturated carbocycles. The van der Waals surface area contributed by atoms with Crippen molar-refractivity contribution < 1.29 is 9.53 Å². The average Bonchev–Trinajstić information content (AvgIpc) is 3.16. The van der Waals surface area contributed by atoms with E-state index in [9.17, 15) is 4.79 Å². The number of urea groups is 1. The van der Waals surface area contributed by atoms with Gasteiger partial charge in [0.25, 0.3) is 0 Å². The van der Waals surface area contributed by atoms with E-state index in [4.69, 9.17) is 9.72 Å². The Kier molecular flexibility index (Phi) is 5.96. The molecule has 7 heteroatoms. The molecule has 2 saturated heterocycles. The van der Waals surface area contributed by atoms with Gasteiger partial charge < -0.3 is 19.9 Å². The van der Waals surface area contributed by atoms with Crippen molar-refractivity contribution in [3.05, 3.63) is 17.6 Å². The van der Waals surface area contributed by atoms with Crippen LogP contribution < -0.4 is 10.2 Å². The Morgan fingerprint density at radius 1 is 1.23 bits per heavy atom. The summed E-state index contributed by atoms with van der Waals surface area (Å²) in [6.07, 6.45) is 2.26. The molecule has 0 bridgehead atoms. The summed E-state index contributed by atoms with van der Waals surface area (Å²) < 4.78 is 5.66. The molecule has 2 aliphatic rings. The van der Waals surface area contributed by atoms with Gasteiger partial charge in [0.05, 0.1) is 12.1 Å². The summed E-state index contributed by atoms with van der Waals surface area (Å²) in [5.41, 5.74) is 0.990. The van der Waals surface area contributed by atoms with Crippen molar-refractivity contribution in [2.45, 2.75) is 58.6 Å². The van der Waals surface area contributed by atoms with Crippen molar-refractivity contribution >= 4 is 11.8 Å². The number of carbonyl (C=O) groups excluding carboxylic acids is 1. The lowest BCUT2D eigenvalue weighted by molar-refractivity contribution is 0.0831. The van der Waals surface area contributed by atoms with Gasteiger partial charge in [-0.05, 0) is 26.7 Å². The summed E-state index contributed by atoms with van der Waals surface area (Å²) in [6.45, 7) is 12.0. The van der Waals surface area contributed by atoms with Gasteiger partial charge >= 0.3 is 6.03 Å². The van der Waals surface area contributed by atoms with Crippen molar-refractivity contribution in [3.63, 3.8) is 0 Å². The normalized spacial score (nSPS) is 22.0. The van der Waals surface area contributed by atoms with E-state index in [2.05, 4.69) is 29.0 Å². The number of nitrogens with zero attached hydrogens (tertiary/aromatic N) is 4. The topological polar surface area (TPSA) is 70.6 Å². The molecule has 1 aromatic rings. The highest BCUT2D eigenvalue weighted by Crippen LogP contribution is 2.19. The molecule has 0 spiro atoms. The SMILES string of the molecule is Cc1cc(N2CCN(C(=O)NC(C)C3CCCO3)CC2)nc(C(C)C)n1. The summed E-state index contributed by atoms with van der Waals surface area (Å²) in [7, 11) is 0. The van der Waals surface area contributed by atoms with Crippen LogP contribution in [0.3, 0.4) is 0 Å². The zero-order chi connectivity index (χ0) is 18.7. The van der Waals surface area contributed by atoms with Gasteiger partial charge in [-0.15, -0.1) is 0 Å². The first-order valence-electron chi connectivity index (χ1n) is 9.71. The van der Waals surface area contributed by atoms with Gasteiger partial charge in [0, 0.05) is 50.5 Å². The van der Waals surface area contributed by atoms with Crippen molar-refractivity contribution in [2.24, 2.45) is 0 Å². The van der Waals surface area contributed by atoms with Gasteiger partial charge in [-0.2, -0.15) is 0 Å². The Bertz CT molecular complexity index is 622. The molecule has 0 aromatic carbocycles. The number of rotatable bonds is 4. The number of hydrogen-bond acceptors (Lipinski definition) is 5. The maximum atomic E-state index is 12.5. The molecular formula is C19H31N5O2. The standard InChI is InChI=1S/C19H31N5O2/c1-13(2)18-20-14(3)12-17(22-18)23-7-9-24(10-8-23)19(25)21-15(4)16-6-5-11-26-16/h12-13,15-16H,5-11H2,1-4H3,(H,21,25). The fourth-order valence-electron chi connectivity index (χ4n) is 3.51. The van der Waals surface area contributed by atoms with Crippen molar-refractivity contribution in [2.75, 3.05) is 37.7 Å². The molecule has 2 aliphatic heterocycles. The van der Waals surface area contributed by atoms with E-state index in [1.165, 1.54) is 0 Å². The molecule has 0 radical (unpaired) electrons. The van der Waals surface area contributed by atoms with E-state index in [1.807, 2.05) is 24.8 Å². The van der Waals surface area contributed by atoms with E-state index in [-0.39, 0.29) is 18.2 Å². The van der Waals surface area contributed by atoms with E-state index >= 15 is 0 Å². The monoisotopic (exact) mass is 361 g/mol. The molecule has 2 unspecified atom stereocenters. The van der Waals surface area contributed by atoms with Gasteiger partial charge in [-0.1, -0.05) is 13.8 Å². The molecule has 7 nitrogen and oxygen atoms in total. The minimum absolute atomic E-state index is 0.00869. The fraction of sp³-hybridized carbons (Fsp3) is 0.737. The summed E-state index contributed by atoms with van der Waals surface area (Å²) in [5, 5.41) is 3.10. The van der Waals surface area contributed by atoms with Crippen molar-refractivity contribution in [1.82, 2.24) is 20.2 Å². The molecule has 144 valence electrons. The van der Waals surface area contributed by atoms with Crippen LogP contribution in [0.25, 0.3) is 0 Å². The van der Waals surface area contributed by atoms with Gasteiger partial charge in [-0.25, -0.2) is 14.8 Å². The van der Waals surface area contributed by atoms with Crippen LogP contribution in [0, 0.1) is 6.92 Å². The fourth-order valence-corrected chi connectivity index (χ4v) is 3.51. The van der Waals surface area contributed by atoms with Gasteiger partial charge in [0.15, 0.2) is 0 Å². The van der Waals surface area contributed by atoms with Crippen LogP contribution in [-0.2, 0) is 4.74 Å². The number of amides is 2. The molecule has 26 heavy (non-hydrogen) atoms. The summed E-state index contributed by atoms with van der Waals surface area (Å²) in [6, 6.07) is 2.09. The smallest absolute Gasteiger partial charge is 0.317 e. The first-order valence-corrected chi connectivity index (χ1v) is 9.71. The lowest BCUT2D eigenvalue weighted by Crippen LogP contribution is -2.54. The van der Waals surface area contributed by atoms with Gasteiger partial charge in [-0.3, -0.25) is 0 Å². The molecule has 2 fully saturated rings. The number of hydrogen-bond donors (Lipinski definition) is 1. The third-order valence-corrected chi connectivity index (χ3v) is 5.14. The van der Waals surface area contributed by atoms with Crippen molar-refractivity contribution in [3.8, 4) is 0 Å². The summed E-state index contributed by atoms with van der Waals surface area (Å²) in [5.74, 6) is 2.15. The Hall–Kier alpha value is -1.89. The first kappa shape index (κ1) is 18.9. The lowest BCUT2D eigenvalue weighted by atomic mass is 10.1. The first-order chi connectivity index (χ1) is 12.4. The average molecular weight is 361 g/mol. The number of aromatic nitrogens is 2. The van der Waals surface area contributed by atoms with Gasteiger partial charge in [0.1, 0.15) is 11.6 Å². The Morgan fingerprint density at radius 3 is 2.58 bits per heavy atom. The van der Waals surface area contributed by atoms with Crippen LogP contribution in [-0.4, -0.2) is 65.8 Å². The van der Waals surface area contributed by atoms with Crippen LogP contribution in [0.1, 0.15) is 51.0 Å². The lowest BCUT2D eigenvalue weighted by Gasteiger charge is -2.36. The highest BCUT2D eigenvalue weighted by molar-refractivity contribution is 5.75. The zero-order valence-electron chi connectivity index (χ0n) is 16.4. The summed E-state index contributed by atoms with van der Waals surface area (Å²) >= 11 is 0. The molecular weight excluding hydrogens is 330 g/mol. The van der Waals surface area contributed by atoms with E-state index in [0.29, 0.717) is 19.0 Å². The largest absolute Gasteiger partial charge is 0.376 e. The maximum absolute atomic E-state index is 12.5. The number of ether oxygens (including phenoxy) is 1. The van der Waals surface area contributed by atoms with E-state index < -0.39 is 0 Å². The van der Waals surface area contributed by atoms with Crippen molar-refractivity contribution in [1.29, 1.82) is 0 Å². The Labute approximate surface area is 156 Å². The second-order valence-electron chi connectivity index (χ2n) is 7.64. The number of piperazine rings is 1. The molecule has 3 rings (SSSR count). The maximum Gasteiger partial charge on any atom is 0.317 e. The Morgan fingerprint density at radius 2 is 1.96 bits per heavy atom. The highest BCUT2D eigenvalue weighted by Gasteiger charge is 2.27. The summed E-state index contributed by atoms with van der Waals surface area (Å²) in [4.78, 5) is 25.9. The van der Waals surface area contributed by atoms with Crippen LogP contribution in [0.4, 0.5) is 10.6 Å². The van der Waals surface area contributed by atoms with Crippen LogP contribution in [0.2, 0.25) is 0 Å². The van der Waals surface area contributed by atoms with Crippen LogP contribution in [0.15, 0.2) is 6.07 Å². The Balaban J connectivity index is 1.54. The third-order valence-electron chi connectivity index (χ3n) is 5.14. The predicted molar refractivity (Wildman–Crippen MR) is 102 cm³/mol. The predicted octanol–water partition coefficient (Wildman–Crippen LogP) is 2.31. The second kappa shape index (κ2) is 8.20. The second-order valence-corrected chi connectivity index (χ2v) is 7.64. The third kappa shape index (κ3) is 4.44. The van der Waals surface area contributed by atoms with Gasteiger partial charge in [0.2, 0.25) is 0 Å². The molecule has 1 N–H and O–H groups in total. The molecule has 2 amide bonds. The van der Waals surface area contributed by atoms with E-state index in [1.54, 1.807) is 0 Å². The zero-order valence-corrected chi connectivity index (χ0v) is 16.4. The number of carbonyl (C=O) groups is 1. The molecule has 3 heterocycles. The quantitative estimate of drug-likeness (QED) is 0.891. The minimum atomic E-state index is 0.00869. The number of anilines is 1. The molecule has 0 aliphatic carbocycles. The van der Waals surface area contributed by atoms with Crippen LogP contribution in [0.5, 0.6) is 0 Å². The number of aryl methyl sites for hydroxylation is 1. The van der Waals surface area contributed by atoms with Crippen LogP contribution >= 0.6 is 0 Å².